The molecule has 31 heavy (non-hydrogen) atoms. The van der Waals surface area contributed by atoms with Gasteiger partial charge in [0.05, 0.1) is 6.54 Å². The molecule has 3 aromatic rings. The highest BCUT2D eigenvalue weighted by Crippen LogP contribution is 2.13. The van der Waals surface area contributed by atoms with E-state index in [0.29, 0.717) is 10.9 Å². The Balaban J connectivity index is 1.24. The van der Waals surface area contributed by atoms with Gasteiger partial charge >= 0.3 is 0 Å². The summed E-state index contributed by atoms with van der Waals surface area (Å²) in [7, 11) is 0. The zero-order valence-electron chi connectivity index (χ0n) is 17.3. The SMILES string of the molecule is O=C(CNC(=O)c1c[nH]c2ccccc2c1=O)NC1CCN(Cc2ccccc2)CC1. The normalized spacial score (nSPS) is 15.0. The van der Waals surface area contributed by atoms with Crippen LogP contribution in [0.15, 0.2) is 65.6 Å². The molecule has 1 aromatic heterocycles. The number of pyridine rings is 1. The van der Waals surface area contributed by atoms with Crippen molar-refractivity contribution in [1.29, 1.82) is 0 Å². The first-order chi connectivity index (χ1) is 15.1. The zero-order chi connectivity index (χ0) is 21.6. The van der Waals surface area contributed by atoms with E-state index in [-0.39, 0.29) is 29.5 Å². The first-order valence-corrected chi connectivity index (χ1v) is 10.5. The van der Waals surface area contributed by atoms with Crippen LogP contribution >= 0.6 is 0 Å². The van der Waals surface area contributed by atoms with Crippen LogP contribution in [-0.2, 0) is 11.3 Å². The molecule has 0 bridgehead atoms. The van der Waals surface area contributed by atoms with Gasteiger partial charge in [0.15, 0.2) is 0 Å². The molecule has 2 heterocycles. The molecule has 7 nitrogen and oxygen atoms in total. The molecular weight excluding hydrogens is 392 g/mol. The van der Waals surface area contributed by atoms with E-state index in [1.165, 1.54) is 11.8 Å². The van der Waals surface area contributed by atoms with Gasteiger partial charge in [-0.15, -0.1) is 0 Å². The molecule has 160 valence electrons. The number of para-hydroxylation sites is 1. The molecule has 7 heteroatoms. The molecule has 3 N–H and O–H groups in total. The number of likely N-dealkylation sites (tertiary alicyclic amines) is 1. The van der Waals surface area contributed by atoms with E-state index < -0.39 is 5.91 Å². The van der Waals surface area contributed by atoms with Crippen molar-refractivity contribution in [3.63, 3.8) is 0 Å². The number of piperidine rings is 1. The minimum absolute atomic E-state index is 0.000667. The highest BCUT2D eigenvalue weighted by atomic mass is 16.2. The predicted molar refractivity (Wildman–Crippen MR) is 120 cm³/mol. The van der Waals surface area contributed by atoms with Crippen molar-refractivity contribution < 1.29 is 9.59 Å². The van der Waals surface area contributed by atoms with E-state index in [1.54, 1.807) is 18.2 Å². The van der Waals surface area contributed by atoms with Crippen molar-refractivity contribution in [3.05, 3.63) is 82.1 Å². The topological polar surface area (TPSA) is 94.3 Å². The molecule has 4 rings (SSSR count). The number of amides is 2. The van der Waals surface area contributed by atoms with Gasteiger partial charge in [-0.25, -0.2) is 0 Å². The molecule has 0 aliphatic carbocycles. The Labute approximate surface area is 180 Å². The number of rotatable bonds is 6. The maximum absolute atomic E-state index is 12.5. The number of H-pyrrole nitrogens is 1. The van der Waals surface area contributed by atoms with Gasteiger partial charge in [0.1, 0.15) is 5.56 Å². The van der Waals surface area contributed by atoms with Crippen molar-refractivity contribution in [1.82, 2.24) is 20.5 Å². The quantitative estimate of drug-likeness (QED) is 0.571. The standard InChI is InChI=1S/C24H26N4O3/c29-22(27-18-10-12-28(13-11-18)16-17-6-2-1-3-7-17)15-26-24(31)20-14-25-21-9-5-4-8-19(21)23(20)30/h1-9,14,18H,10-13,15-16H2,(H,25,30)(H,26,31)(H,27,29). The third kappa shape index (κ3) is 5.19. The average molecular weight is 418 g/mol. The van der Waals surface area contributed by atoms with Crippen molar-refractivity contribution in [2.75, 3.05) is 19.6 Å². The lowest BCUT2D eigenvalue weighted by Crippen LogP contribution is -2.47. The Morgan fingerprint density at radius 2 is 1.71 bits per heavy atom. The number of aromatic nitrogens is 1. The summed E-state index contributed by atoms with van der Waals surface area (Å²) in [6.45, 7) is 2.59. The van der Waals surface area contributed by atoms with Gasteiger partial charge in [0, 0.05) is 42.8 Å². The molecule has 2 aromatic carbocycles. The summed E-state index contributed by atoms with van der Waals surface area (Å²) in [6.07, 6.45) is 3.13. The maximum atomic E-state index is 12.5. The number of nitrogens with zero attached hydrogens (tertiary/aromatic N) is 1. The van der Waals surface area contributed by atoms with Gasteiger partial charge in [-0.2, -0.15) is 0 Å². The third-order valence-corrected chi connectivity index (χ3v) is 5.64. The van der Waals surface area contributed by atoms with Crippen LogP contribution in [0, 0.1) is 0 Å². The molecule has 1 aliphatic heterocycles. The number of hydrogen-bond donors (Lipinski definition) is 3. The second-order valence-corrected chi connectivity index (χ2v) is 7.86. The highest BCUT2D eigenvalue weighted by molar-refractivity contribution is 5.98. The highest BCUT2D eigenvalue weighted by Gasteiger charge is 2.21. The lowest BCUT2D eigenvalue weighted by molar-refractivity contribution is -0.121. The Morgan fingerprint density at radius 3 is 2.48 bits per heavy atom. The molecular formula is C24H26N4O3. The van der Waals surface area contributed by atoms with Crippen molar-refractivity contribution >= 4 is 22.7 Å². The lowest BCUT2D eigenvalue weighted by Gasteiger charge is -2.32. The Kier molecular flexibility index (Phi) is 6.43. The summed E-state index contributed by atoms with van der Waals surface area (Å²) >= 11 is 0. The Morgan fingerprint density at radius 1 is 1.00 bits per heavy atom. The number of aromatic amines is 1. The summed E-state index contributed by atoms with van der Waals surface area (Å²) in [5.74, 6) is -0.799. The van der Waals surface area contributed by atoms with Crippen molar-refractivity contribution in [3.8, 4) is 0 Å². The fourth-order valence-electron chi connectivity index (χ4n) is 3.95. The van der Waals surface area contributed by atoms with Crippen LogP contribution in [-0.4, -0.2) is 47.4 Å². The van der Waals surface area contributed by atoms with Gasteiger partial charge in [-0.05, 0) is 30.5 Å². The van der Waals surface area contributed by atoms with E-state index in [4.69, 9.17) is 0 Å². The van der Waals surface area contributed by atoms with Crippen LogP contribution in [0.1, 0.15) is 28.8 Å². The summed E-state index contributed by atoms with van der Waals surface area (Å²) < 4.78 is 0. The van der Waals surface area contributed by atoms with Crippen LogP contribution in [0.2, 0.25) is 0 Å². The number of carbonyl (C=O) groups is 2. The molecule has 1 fully saturated rings. The molecule has 0 unspecified atom stereocenters. The van der Waals surface area contributed by atoms with Crippen molar-refractivity contribution in [2.45, 2.75) is 25.4 Å². The van der Waals surface area contributed by atoms with E-state index >= 15 is 0 Å². The zero-order valence-corrected chi connectivity index (χ0v) is 17.3. The minimum atomic E-state index is -0.556. The smallest absolute Gasteiger partial charge is 0.257 e. The molecule has 0 saturated carbocycles. The van der Waals surface area contributed by atoms with Crippen molar-refractivity contribution in [2.24, 2.45) is 0 Å². The fourth-order valence-corrected chi connectivity index (χ4v) is 3.95. The molecule has 0 spiro atoms. The number of benzene rings is 2. The van der Waals surface area contributed by atoms with E-state index in [0.717, 1.165) is 32.5 Å². The molecule has 0 radical (unpaired) electrons. The number of carbonyl (C=O) groups excluding carboxylic acids is 2. The second-order valence-electron chi connectivity index (χ2n) is 7.86. The van der Waals surface area contributed by atoms with Crippen LogP contribution < -0.4 is 16.1 Å². The van der Waals surface area contributed by atoms with Gasteiger partial charge in [0.25, 0.3) is 5.91 Å². The van der Waals surface area contributed by atoms with Crippen LogP contribution in [0.3, 0.4) is 0 Å². The molecule has 1 saturated heterocycles. The summed E-state index contributed by atoms with van der Waals surface area (Å²) in [4.78, 5) is 42.5. The summed E-state index contributed by atoms with van der Waals surface area (Å²) in [5, 5.41) is 5.99. The summed E-state index contributed by atoms with van der Waals surface area (Å²) in [6, 6.07) is 17.4. The average Bonchev–Trinajstić information content (AvgIpc) is 2.80. The molecule has 1 aliphatic rings. The summed E-state index contributed by atoms with van der Waals surface area (Å²) in [5.41, 5.74) is 1.61. The Bertz CT molecular complexity index is 1120. The minimum Gasteiger partial charge on any atom is -0.360 e. The van der Waals surface area contributed by atoms with E-state index in [1.807, 2.05) is 24.3 Å². The van der Waals surface area contributed by atoms with Crippen LogP contribution in [0.4, 0.5) is 0 Å². The third-order valence-electron chi connectivity index (χ3n) is 5.64. The Hall–Kier alpha value is -3.45. The van der Waals surface area contributed by atoms with E-state index in [9.17, 15) is 14.4 Å². The van der Waals surface area contributed by atoms with Gasteiger partial charge < -0.3 is 15.6 Å². The number of hydrogen-bond acceptors (Lipinski definition) is 4. The first kappa shape index (κ1) is 20.8. The fraction of sp³-hybridized carbons (Fsp3) is 0.292. The van der Waals surface area contributed by atoms with Crippen LogP contribution in [0.5, 0.6) is 0 Å². The largest absolute Gasteiger partial charge is 0.360 e. The van der Waals surface area contributed by atoms with Gasteiger partial charge in [-0.1, -0.05) is 42.5 Å². The molecule has 2 amide bonds. The maximum Gasteiger partial charge on any atom is 0.257 e. The second kappa shape index (κ2) is 9.57. The monoisotopic (exact) mass is 418 g/mol. The molecule has 0 atom stereocenters. The van der Waals surface area contributed by atoms with E-state index in [2.05, 4.69) is 32.7 Å². The predicted octanol–water partition coefficient (Wildman–Crippen LogP) is 2.04. The van der Waals surface area contributed by atoms with Gasteiger partial charge in [-0.3, -0.25) is 19.3 Å². The number of nitrogens with one attached hydrogen (secondary N) is 3. The first-order valence-electron chi connectivity index (χ1n) is 10.5. The van der Waals surface area contributed by atoms with Gasteiger partial charge in [0.2, 0.25) is 11.3 Å². The number of fused-ring (bicyclic) bond motifs is 1. The van der Waals surface area contributed by atoms with Crippen LogP contribution in [0.25, 0.3) is 10.9 Å². The lowest BCUT2D eigenvalue weighted by atomic mass is 10.0.